The number of anilines is 1. The first-order chi connectivity index (χ1) is 10.2. The molecule has 0 aliphatic carbocycles. The van der Waals surface area contributed by atoms with Crippen molar-refractivity contribution in [3.05, 3.63) is 58.1 Å². The van der Waals surface area contributed by atoms with E-state index in [4.69, 9.17) is 9.47 Å². The molecular weight excluding hydrogens is 330 g/mol. The summed E-state index contributed by atoms with van der Waals surface area (Å²) >= 11 is 3.50. The van der Waals surface area contributed by atoms with Crippen LogP contribution in [0.2, 0.25) is 0 Å². The fraction of sp³-hybridized carbons (Fsp3) is 0.294. The van der Waals surface area contributed by atoms with Crippen LogP contribution < -0.4 is 10.1 Å². The molecule has 0 fully saturated rings. The average Bonchev–Trinajstić information content (AvgIpc) is 2.52. The van der Waals surface area contributed by atoms with E-state index in [1.54, 1.807) is 7.11 Å². The lowest BCUT2D eigenvalue weighted by Gasteiger charge is -2.14. The summed E-state index contributed by atoms with van der Waals surface area (Å²) in [7, 11) is 1.69. The molecule has 0 aliphatic heterocycles. The molecular formula is C17H20BrNO2. The van der Waals surface area contributed by atoms with Crippen molar-refractivity contribution in [1.82, 2.24) is 0 Å². The second-order valence-electron chi connectivity index (χ2n) is 4.60. The summed E-state index contributed by atoms with van der Waals surface area (Å²) < 4.78 is 11.9. The van der Waals surface area contributed by atoms with E-state index in [1.807, 2.05) is 31.2 Å². The van der Waals surface area contributed by atoms with Crippen LogP contribution in [0.5, 0.6) is 5.75 Å². The Labute approximate surface area is 134 Å². The number of halogens is 1. The smallest absolute Gasteiger partial charge is 0.123 e. The van der Waals surface area contributed by atoms with Crippen molar-refractivity contribution in [2.75, 3.05) is 19.0 Å². The predicted octanol–water partition coefficient (Wildman–Crippen LogP) is 4.61. The van der Waals surface area contributed by atoms with E-state index in [9.17, 15) is 0 Å². The Morgan fingerprint density at radius 1 is 1.10 bits per heavy atom. The van der Waals surface area contributed by atoms with Crippen LogP contribution in [0.15, 0.2) is 46.9 Å². The molecule has 0 saturated heterocycles. The number of nitrogens with one attached hydrogen (secondary N) is 1. The van der Waals surface area contributed by atoms with Crippen LogP contribution in [0.4, 0.5) is 5.69 Å². The summed E-state index contributed by atoms with van der Waals surface area (Å²) in [5.41, 5.74) is 3.36. The van der Waals surface area contributed by atoms with Gasteiger partial charge in [0.15, 0.2) is 0 Å². The van der Waals surface area contributed by atoms with Crippen molar-refractivity contribution < 1.29 is 9.47 Å². The minimum atomic E-state index is 0.620. The topological polar surface area (TPSA) is 30.5 Å². The molecule has 0 heterocycles. The normalized spacial score (nSPS) is 10.4. The Morgan fingerprint density at radius 2 is 1.90 bits per heavy atom. The fourth-order valence-electron chi connectivity index (χ4n) is 2.11. The van der Waals surface area contributed by atoms with Crippen molar-refractivity contribution >= 4 is 21.6 Å². The molecule has 2 aromatic carbocycles. The van der Waals surface area contributed by atoms with Crippen LogP contribution in [-0.4, -0.2) is 13.7 Å². The second-order valence-corrected chi connectivity index (χ2v) is 5.52. The van der Waals surface area contributed by atoms with Gasteiger partial charge in [0.2, 0.25) is 0 Å². The maximum atomic E-state index is 5.50. The zero-order chi connectivity index (χ0) is 15.1. The minimum absolute atomic E-state index is 0.620. The molecule has 4 heteroatoms. The van der Waals surface area contributed by atoms with E-state index in [1.165, 1.54) is 0 Å². The zero-order valence-electron chi connectivity index (χ0n) is 12.4. The van der Waals surface area contributed by atoms with Crippen molar-refractivity contribution in [2.24, 2.45) is 0 Å². The van der Waals surface area contributed by atoms with E-state index in [0.717, 1.165) is 27.0 Å². The number of para-hydroxylation sites is 1. The van der Waals surface area contributed by atoms with Gasteiger partial charge in [0, 0.05) is 34.4 Å². The van der Waals surface area contributed by atoms with Gasteiger partial charge < -0.3 is 14.8 Å². The highest BCUT2D eigenvalue weighted by Gasteiger charge is 2.06. The summed E-state index contributed by atoms with van der Waals surface area (Å²) in [5, 5.41) is 3.46. The van der Waals surface area contributed by atoms with Crippen LogP contribution >= 0.6 is 15.9 Å². The maximum Gasteiger partial charge on any atom is 0.123 e. The first-order valence-corrected chi connectivity index (χ1v) is 7.75. The third kappa shape index (κ3) is 4.48. The van der Waals surface area contributed by atoms with Gasteiger partial charge in [-0.15, -0.1) is 0 Å². The molecule has 112 valence electrons. The highest BCUT2D eigenvalue weighted by atomic mass is 79.9. The molecule has 0 amide bonds. The molecule has 2 rings (SSSR count). The molecule has 0 radical (unpaired) electrons. The van der Waals surface area contributed by atoms with Crippen LogP contribution in [0.1, 0.15) is 18.1 Å². The Bertz CT molecular complexity index is 587. The predicted molar refractivity (Wildman–Crippen MR) is 89.8 cm³/mol. The molecule has 0 spiro atoms. The number of benzene rings is 2. The Kier molecular flexibility index (Phi) is 6.08. The Hall–Kier alpha value is -1.52. The van der Waals surface area contributed by atoms with E-state index in [0.29, 0.717) is 19.8 Å². The van der Waals surface area contributed by atoms with Gasteiger partial charge in [-0.25, -0.2) is 0 Å². The SMILES string of the molecule is CCOCc1ccccc1NCc1cc(Br)ccc1OC. The van der Waals surface area contributed by atoms with E-state index < -0.39 is 0 Å². The first kappa shape index (κ1) is 15.9. The number of hydrogen-bond donors (Lipinski definition) is 1. The number of ether oxygens (including phenoxy) is 2. The van der Waals surface area contributed by atoms with Gasteiger partial charge in [0.25, 0.3) is 0 Å². The Balaban J connectivity index is 2.11. The maximum absolute atomic E-state index is 5.50. The van der Waals surface area contributed by atoms with Gasteiger partial charge in [-0.05, 0) is 31.2 Å². The third-order valence-corrected chi connectivity index (χ3v) is 3.68. The van der Waals surface area contributed by atoms with E-state index in [-0.39, 0.29) is 0 Å². The summed E-state index contributed by atoms with van der Waals surface area (Å²) in [6.45, 7) is 4.04. The molecule has 0 saturated carbocycles. The minimum Gasteiger partial charge on any atom is -0.496 e. The van der Waals surface area contributed by atoms with Crippen LogP contribution in [0, 0.1) is 0 Å². The number of hydrogen-bond acceptors (Lipinski definition) is 3. The fourth-order valence-corrected chi connectivity index (χ4v) is 2.51. The lowest BCUT2D eigenvalue weighted by Crippen LogP contribution is -2.05. The van der Waals surface area contributed by atoms with Gasteiger partial charge in [-0.1, -0.05) is 34.1 Å². The zero-order valence-corrected chi connectivity index (χ0v) is 13.9. The lowest BCUT2D eigenvalue weighted by atomic mass is 10.1. The summed E-state index contributed by atoms with van der Waals surface area (Å²) in [5.74, 6) is 0.882. The number of rotatable bonds is 7. The average molecular weight is 350 g/mol. The van der Waals surface area contributed by atoms with Gasteiger partial charge in [-0.3, -0.25) is 0 Å². The molecule has 0 atom stereocenters. The third-order valence-electron chi connectivity index (χ3n) is 3.19. The van der Waals surface area contributed by atoms with Gasteiger partial charge in [0.1, 0.15) is 5.75 Å². The van der Waals surface area contributed by atoms with E-state index >= 15 is 0 Å². The summed E-state index contributed by atoms with van der Waals surface area (Å²) in [6, 6.07) is 14.2. The summed E-state index contributed by atoms with van der Waals surface area (Å²) in [4.78, 5) is 0. The lowest BCUT2D eigenvalue weighted by molar-refractivity contribution is 0.134. The van der Waals surface area contributed by atoms with Gasteiger partial charge >= 0.3 is 0 Å². The van der Waals surface area contributed by atoms with Gasteiger partial charge in [0.05, 0.1) is 13.7 Å². The molecule has 2 aromatic rings. The van der Waals surface area contributed by atoms with Crippen LogP contribution in [-0.2, 0) is 17.9 Å². The molecule has 3 nitrogen and oxygen atoms in total. The highest BCUT2D eigenvalue weighted by Crippen LogP contribution is 2.25. The largest absolute Gasteiger partial charge is 0.496 e. The second kappa shape index (κ2) is 8.05. The quantitative estimate of drug-likeness (QED) is 0.791. The van der Waals surface area contributed by atoms with Crippen LogP contribution in [0.25, 0.3) is 0 Å². The summed E-state index contributed by atoms with van der Waals surface area (Å²) in [6.07, 6.45) is 0. The van der Waals surface area contributed by atoms with Crippen molar-refractivity contribution in [2.45, 2.75) is 20.1 Å². The van der Waals surface area contributed by atoms with Crippen molar-refractivity contribution in [3.8, 4) is 5.75 Å². The molecule has 1 N–H and O–H groups in total. The standard InChI is InChI=1S/C17H20BrNO2/c1-3-21-12-13-6-4-5-7-16(13)19-11-14-10-15(18)8-9-17(14)20-2/h4-10,19H,3,11-12H2,1-2H3. The molecule has 0 aliphatic rings. The van der Waals surface area contributed by atoms with Crippen molar-refractivity contribution in [1.29, 1.82) is 0 Å². The van der Waals surface area contributed by atoms with Crippen LogP contribution in [0.3, 0.4) is 0 Å². The van der Waals surface area contributed by atoms with Gasteiger partial charge in [-0.2, -0.15) is 0 Å². The molecule has 0 unspecified atom stereocenters. The van der Waals surface area contributed by atoms with Crippen molar-refractivity contribution in [3.63, 3.8) is 0 Å². The van der Waals surface area contributed by atoms with E-state index in [2.05, 4.69) is 39.4 Å². The Morgan fingerprint density at radius 3 is 2.67 bits per heavy atom. The monoisotopic (exact) mass is 349 g/mol. The number of methoxy groups -OCH3 is 1. The molecule has 21 heavy (non-hydrogen) atoms. The highest BCUT2D eigenvalue weighted by molar-refractivity contribution is 9.10. The first-order valence-electron chi connectivity index (χ1n) is 6.96. The molecule has 0 aromatic heterocycles. The molecule has 0 bridgehead atoms.